The van der Waals surface area contributed by atoms with E-state index < -0.39 is 0 Å². The van der Waals surface area contributed by atoms with Crippen LogP contribution in [0.2, 0.25) is 0 Å². The lowest BCUT2D eigenvalue weighted by Crippen LogP contribution is -2.13. The Morgan fingerprint density at radius 2 is 1.52 bits per heavy atom. The molecule has 112 valence electrons. The number of fused-ring (bicyclic) bond motifs is 3. The highest BCUT2D eigenvalue weighted by molar-refractivity contribution is 7.08. The number of hydrogen-bond donors (Lipinski definition) is 0. The average molecular weight is 317 g/mol. The minimum Gasteiger partial charge on any atom is -0.399 e. The summed E-state index contributed by atoms with van der Waals surface area (Å²) >= 11 is 1.69. The largest absolute Gasteiger partial charge is 0.399 e. The van der Waals surface area contributed by atoms with Crippen molar-refractivity contribution in [1.82, 2.24) is 0 Å². The van der Waals surface area contributed by atoms with Gasteiger partial charge in [-0.15, -0.1) is 0 Å². The van der Waals surface area contributed by atoms with E-state index in [1.807, 2.05) is 6.07 Å². The van der Waals surface area contributed by atoms with Crippen LogP contribution in [0.5, 0.6) is 0 Å². The molecule has 0 radical (unpaired) electrons. The maximum absolute atomic E-state index is 5.15. The highest BCUT2D eigenvalue weighted by atomic mass is 32.1. The Hall–Kier alpha value is -2.65. The van der Waals surface area contributed by atoms with Crippen LogP contribution >= 0.6 is 11.3 Å². The van der Waals surface area contributed by atoms with E-state index in [1.165, 1.54) is 22.3 Å². The molecule has 4 rings (SSSR count). The Labute approximate surface area is 139 Å². The molecule has 0 N–H and O–H groups in total. The van der Waals surface area contributed by atoms with Gasteiger partial charge < -0.3 is 4.84 Å². The van der Waals surface area contributed by atoms with Crippen molar-refractivity contribution in [2.75, 3.05) is 7.11 Å². The van der Waals surface area contributed by atoms with Gasteiger partial charge in [0, 0.05) is 11.1 Å². The number of thiophene rings is 1. The molecule has 1 aliphatic rings. The standard InChI is InChI=1S/C20H15NOS/c1-22-21-20-18-9-5-4-7-16(18)15-6-2-3-8-17(15)19(20)12-14-10-11-23-13-14/h2-13H,1H3/b19-12+,21-20+. The highest BCUT2D eigenvalue weighted by Crippen LogP contribution is 2.40. The van der Waals surface area contributed by atoms with E-state index in [0.717, 1.165) is 16.8 Å². The molecule has 0 amide bonds. The molecule has 3 heteroatoms. The second-order valence-electron chi connectivity index (χ2n) is 5.33. The summed E-state index contributed by atoms with van der Waals surface area (Å²) in [5.74, 6) is 0. The molecule has 0 fully saturated rings. The van der Waals surface area contributed by atoms with Crippen LogP contribution in [0.4, 0.5) is 0 Å². The van der Waals surface area contributed by atoms with E-state index in [1.54, 1.807) is 18.4 Å². The van der Waals surface area contributed by atoms with Crippen molar-refractivity contribution >= 4 is 28.7 Å². The third-order valence-electron chi connectivity index (χ3n) is 3.98. The van der Waals surface area contributed by atoms with Gasteiger partial charge in [0.15, 0.2) is 0 Å². The zero-order valence-electron chi connectivity index (χ0n) is 12.7. The summed E-state index contributed by atoms with van der Waals surface area (Å²) in [5.41, 5.74) is 7.89. The monoisotopic (exact) mass is 317 g/mol. The summed E-state index contributed by atoms with van der Waals surface area (Å²) in [5, 5.41) is 8.56. The third kappa shape index (κ3) is 2.39. The average Bonchev–Trinajstić information content (AvgIpc) is 3.11. The van der Waals surface area contributed by atoms with Gasteiger partial charge in [-0.2, -0.15) is 11.3 Å². The summed E-state index contributed by atoms with van der Waals surface area (Å²) in [6, 6.07) is 18.9. The van der Waals surface area contributed by atoms with Gasteiger partial charge in [-0.3, -0.25) is 0 Å². The van der Waals surface area contributed by atoms with Crippen molar-refractivity contribution < 1.29 is 4.84 Å². The van der Waals surface area contributed by atoms with Crippen molar-refractivity contribution in [3.63, 3.8) is 0 Å². The molecule has 0 saturated heterocycles. The third-order valence-corrected chi connectivity index (χ3v) is 4.68. The molecule has 2 aromatic carbocycles. The first-order valence-corrected chi connectivity index (χ1v) is 8.37. The summed E-state index contributed by atoms with van der Waals surface area (Å²) in [7, 11) is 1.60. The van der Waals surface area contributed by atoms with Crippen LogP contribution in [0.1, 0.15) is 16.7 Å². The van der Waals surface area contributed by atoms with E-state index in [4.69, 9.17) is 4.84 Å². The van der Waals surface area contributed by atoms with Crippen LogP contribution in [0.25, 0.3) is 22.8 Å². The molecule has 1 aliphatic carbocycles. The summed E-state index contributed by atoms with van der Waals surface area (Å²) in [6.07, 6.45) is 2.18. The molecule has 2 nitrogen and oxygen atoms in total. The zero-order chi connectivity index (χ0) is 15.6. The zero-order valence-corrected chi connectivity index (χ0v) is 13.5. The second-order valence-corrected chi connectivity index (χ2v) is 6.11. The molecule has 0 saturated carbocycles. The molecular formula is C20H15NOS. The molecular weight excluding hydrogens is 302 g/mol. The number of rotatable bonds is 2. The van der Waals surface area contributed by atoms with Gasteiger partial charge in [0.25, 0.3) is 0 Å². The Bertz CT molecular complexity index is 907. The highest BCUT2D eigenvalue weighted by Gasteiger charge is 2.25. The number of benzene rings is 2. The molecule has 1 aromatic heterocycles. The summed E-state index contributed by atoms with van der Waals surface area (Å²) in [4.78, 5) is 5.15. The van der Waals surface area contributed by atoms with Crippen LogP contribution in [-0.4, -0.2) is 12.8 Å². The van der Waals surface area contributed by atoms with Gasteiger partial charge >= 0.3 is 0 Å². The van der Waals surface area contributed by atoms with Gasteiger partial charge in [-0.25, -0.2) is 0 Å². The summed E-state index contributed by atoms with van der Waals surface area (Å²) < 4.78 is 0. The molecule has 1 heterocycles. The normalized spacial score (nSPS) is 16.2. The smallest absolute Gasteiger partial charge is 0.118 e. The second kappa shape index (κ2) is 5.86. The predicted molar refractivity (Wildman–Crippen MR) is 97.6 cm³/mol. The van der Waals surface area contributed by atoms with Gasteiger partial charge in [0.2, 0.25) is 0 Å². The van der Waals surface area contributed by atoms with Gasteiger partial charge in [0.05, 0.1) is 0 Å². The van der Waals surface area contributed by atoms with Crippen LogP contribution in [0.15, 0.2) is 70.5 Å². The van der Waals surface area contributed by atoms with Crippen molar-refractivity contribution in [3.8, 4) is 11.1 Å². The van der Waals surface area contributed by atoms with Gasteiger partial charge in [-0.05, 0) is 45.2 Å². The van der Waals surface area contributed by atoms with E-state index in [0.29, 0.717) is 0 Å². The van der Waals surface area contributed by atoms with Crippen molar-refractivity contribution in [1.29, 1.82) is 0 Å². The first-order valence-electron chi connectivity index (χ1n) is 7.43. The maximum atomic E-state index is 5.15. The molecule has 0 bridgehead atoms. The number of nitrogens with zero attached hydrogens (tertiary/aromatic N) is 1. The molecule has 0 aliphatic heterocycles. The van der Waals surface area contributed by atoms with Crippen LogP contribution in [-0.2, 0) is 4.84 Å². The van der Waals surface area contributed by atoms with E-state index in [2.05, 4.69) is 70.5 Å². The van der Waals surface area contributed by atoms with Crippen molar-refractivity contribution in [2.45, 2.75) is 0 Å². The van der Waals surface area contributed by atoms with Crippen LogP contribution < -0.4 is 0 Å². The van der Waals surface area contributed by atoms with Crippen molar-refractivity contribution in [3.05, 3.63) is 82.0 Å². The van der Waals surface area contributed by atoms with E-state index >= 15 is 0 Å². The molecule has 0 atom stereocenters. The number of allylic oxidation sites excluding steroid dienone is 1. The predicted octanol–water partition coefficient (Wildman–Crippen LogP) is 5.32. The fourth-order valence-electron chi connectivity index (χ4n) is 3.01. The van der Waals surface area contributed by atoms with E-state index in [9.17, 15) is 0 Å². The fourth-order valence-corrected chi connectivity index (χ4v) is 3.63. The quantitative estimate of drug-likeness (QED) is 0.586. The Kier molecular flexibility index (Phi) is 3.56. The lowest BCUT2D eigenvalue weighted by molar-refractivity contribution is 0.214. The molecule has 0 spiro atoms. The Balaban J connectivity index is 2.03. The first kappa shape index (κ1) is 14.0. The summed E-state index contributed by atoms with van der Waals surface area (Å²) in [6.45, 7) is 0. The number of hydrogen-bond acceptors (Lipinski definition) is 3. The SMILES string of the molecule is CO/N=C1/C(=C/c2ccsc2)c2ccccc2-c2ccccc21. The van der Waals surface area contributed by atoms with Gasteiger partial charge in [0.1, 0.15) is 12.8 Å². The van der Waals surface area contributed by atoms with E-state index in [-0.39, 0.29) is 0 Å². The Morgan fingerprint density at radius 3 is 2.17 bits per heavy atom. The molecule has 23 heavy (non-hydrogen) atoms. The number of oxime groups is 1. The van der Waals surface area contributed by atoms with Crippen LogP contribution in [0.3, 0.4) is 0 Å². The minimum atomic E-state index is 0.882. The Morgan fingerprint density at radius 1 is 0.870 bits per heavy atom. The lowest BCUT2D eigenvalue weighted by Gasteiger charge is -2.23. The first-order chi connectivity index (χ1) is 11.4. The van der Waals surface area contributed by atoms with Gasteiger partial charge in [-0.1, -0.05) is 53.7 Å². The minimum absolute atomic E-state index is 0.882. The van der Waals surface area contributed by atoms with Crippen molar-refractivity contribution in [2.24, 2.45) is 5.16 Å². The van der Waals surface area contributed by atoms with Crippen LogP contribution in [0, 0.1) is 0 Å². The lowest BCUT2D eigenvalue weighted by atomic mass is 9.80. The topological polar surface area (TPSA) is 21.6 Å². The maximum Gasteiger partial charge on any atom is 0.118 e. The fraction of sp³-hybridized carbons (Fsp3) is 0.0500. The molecule has 3 aromatic rings. The molecule has 0 unspecified atom stereocenters.